The fraction of sp³-hybridized carbons (Fsp3) is 0.364. The van der Waals surface area contributed by atoms with Crippen LogP contribution in [0.4, 0.5) is 5.69 Å². The summed E-state index contributed by atoms with van der Waals surface area (Å²) in [5.41, 5.74) is 6.32. The Morgan fingerprint density at radius 2 is 1.96 bits per heavy atom. The van der Waals surface area contributed by atoms with E-state index in [-0.39, 0.29) is 0 Å². The Labute approximate surface area is 165 Å². The highest BCUT2D eigenvalue weighted by molar-refractivity contribution is 6.00. The number of anilines is 1. The average molecular weight is 377 g/mol. The topological polar surface area (TPSA) is 54.7 Å². The number of hydrogen-bond acceptors (Lipinski definition) is 5. The number of oxime groups is 1. The summed E-state index contributed by atoms with van der Waals surface area (Å²) in [5.74, 6) is 0. The Morgan fingerprint density at radius 1 is 1.14 bits per heavy atom. The Hall–Kier alpha value is -2.86. The summed E-state index contributed by atoms with van der Waals surface area (Å²) in [4.78, 5) is 12.4. The second-order valence-electron chi connectivity index (χ2n) is 7.08. The lowest BCUT2D eigenvalue weighted by molar-refractivity contribution is 0.145. The van der Waals surface area contributed by atoms with Gasteiger partial charge >= 0.3 is 0 Å². The molecule has 0 unspecified atom stereocenters. The molecule has 4 rings (SSSR count). The average Bonchev–Trinajstić information content (AvgIpc) is 3.18. The molecule has 2 aromatic carbocycles. The molecule has 1 saturated heterocycles. The summed E-state index contributed by atoms with van der Waals surface area (Å²) >= 11 is 0. The largest absolute Gasteiger partial charge is 0.396 e. The van der Waals surface area contributed by atoms with E-state index >= 15 is 0 Å². The molecule has 146 valence electrons. The van der Waals surface area contributed by atoms with E-state index in [0.717, 1.165) is 60.6 Å². The van der Waals surface area contributed by atoms with Crippen LogP contribution in [-0.4, -0.2) is 48.0 Å². The highest BCUT2D eigenvalue weighted by Gasteiger charge is 2.12. The minimum atomic E-state index is 0.637. The van der Waals surface area contributed by atoms with Gasteiger partial charge < -0.3 is 15.1 Å². The molecule has 6 nitrogen and oxygen atoms in total. The summed E-state index contributed by atoms with van der Waals surface area (Å²) < 4.78 is 2.14. The molecule has 1 aliphatic rings. The van der Waals surface area contributed by atoms with Crippen molar-refractivity contribution >= 4 is 22.4 Å². The van der Waals surface area contributed by atoms with Gasteiger partial charge in [0.05, 0.1) is 16.7 Å². The number of aromatic nitrogens is 2. The summed E-state index contributed by atoms with van der Waals surface area (Å²) in [7, 11) is 0. The number of piperazine rings is 1. The monoisotopic (exact) mass is 377 g/mol. The van der Waals surface area contributed by atoms with Gasteiger partial charge in [0.2, 0.25) is 0 Å². The van der Waals surface area contributed by atoms with E-state index in [1.54, 1.807) is 0 Å². The molecule has 0 aliphatic carbocycles. The number of hydrogen-bond donors (Lipinski definition) is 1. The fourth-order valence-electron chi connectivity index (χ4n) is 3.49. The van der Waals surface area contributed by atoms with Crippen LogP contribution in [0.3, 0.4) is 0 Å². The van der Waals surface area contributed by atoms with Crippen LogP contribution >= 0.6 is 0 Å². The molecule has 1 fully saturated rings. The third-order valence-electron chi connectivity index (χ3n) is 5.05. The lowest BCUT2D eigenvalue weighted by atomic mass is 10.1. The fourth-order valence-corrected chi connectivity index (χ4v) is 3.49. The molecule has 2 heterocycles. The molecule has 1 N–H and O–H groups in total. The first-order valence-corrected chi connectivity index (χ1v) is 9.96. The Morgan fingerprint density at radius 3 is 2.79 bits per heavy atom. The van der Waals surface area contributed by atoms with E-state index in [9.17, 15) is 0 Å². The number of nitrogens with zero attached hydrogens (tertiary/aromatic N) is 4. The highest BCUT2D eigenvalue weighted by atomic mass is 16.6. The van der Waals surface area contributed by atoms with Gasteiger partial charge in [-0.3, -0.25) is 4.57 Å². The second kappa shape index (κ2) is 8.44. The van der Waals surface area contributed by atoms with Gasteiger partial charge in [-0.05, 0) is 43.7 Å². The molecule has 0 bridgehead atoms. The lowest BCUT2D eigenvalue weighted by Gasteiger charge is -2.29. The third kappa shape index (κ3) is 3.87. The summed E-state index contributed by atoms with van der Waals surface area (Å²) in [6.07, 6.45) is 2.85. The van der Waals surface area contributed by atoms with Gasteiger partial charge in [0.15, 0.2) is 0 Å². The summed E-state index contributed by atoms with van der Waals surface area (Å²) in [6.45, 7) is 8.81. The first-order chi connectivity index (χ1) is 13.8. The zero-order valence-electron chi connectivity index (χ0n) is 16.6. The third-order valence-corrected chi connectivity index (χ3v) is 5.05. The predicted octanol–water partition coefficient (Wildman–Crippen LogP) is 3.59. The first-order valence-electron chi connectivity index (χ1n) is 9.96. The SMILES string of the molecule is CCCON=C(C)c1ccc2c(c1)ncn2-c1cccc(N2CCNCC2)c1. The van der Waals surface area contributed by atoms with Crippen LogP contribution in [0.1, 0.15) is 25.8 Å². The van der Waals surface area contributed by atoms with E-state index in [1.165, 1.54) is 5.69 Å². The van der Waals surface area contributed by atoms with Crippen molar-refractivity contribution in [2.24, 2.45) is 5.16 Å². The van der Waals surface area contributed by atoms with Gasteiger partial charge in [-0.1, -0.05) is 24.2 Å². The smallest absolute Gasteiger partial charge is 0.116 e. The van der Waals surface area contributed by atoms with E-state index in [4.69, 9.17) is 4.84 Å². The van der Waals surface area contributed by atoms with Crippen LogP contribution in [0.2, 0.25) is 0 Å². The molecule has 6 heteroatoms. The standard InChI is InChI=1S/C22H27N5O/c1-3-13-28-25-17(2)18-7-8-22-21(14-18)24-16-27(22)20-6-4-5-19(15-20)26-11-9-23-10-12-26/h4-8,14-16,23H,3,9-13H2,1-2H3. The first kappa shape index (κ1) is 18.5. The van der Waals surface area contributed by atoms with Gasteiger partial charge in [0, 0.05) is 43.1 Å². The van der Waals surface area contributed by atoms with E-state index in [1.807, 2.05) is 13.3 Å². The zero-order chi connectivity index (χ0) is 19.3. The summed E-state index contributed by atoms with van der Waals surface area (Å²) in [5, 5.41) is 7.60. The van der Waals surface area contributed by atoms with Gasteiger partial charge in [0.25, 0.3) is 0 Å². The van der Waals surface area contributed by atoms with Gasteiger partial charge in [-0.25, -0.2) is 4.98 Å². The molecule has 1 aliphatic heterocycles. The highest BCUT2D eigenvalue weighted by Crippen LogP contribution is 2.24. The minimum absolute atomic E-state index is 0.637. The minimum Gasteiger partial charge on any atom is -0.396 e. The molecule has 0 saturated carbocycles. The molecule has 0 amide bonds. The summed E-state index contributed by atoms with van der Waals surface area (Å²) in [6, 6.07) is 14.9. The van der Waals surface area contributed by atoms with Crippen molar-refractivity contribution in [1.29, 1.82) is 0 Å². The number of nitrogens with one attached hydrogen (secondary N) is 1. The van der Waals surface area contributed by atoms with Crippen molar-refractivity contribution in [2.75, 3.05) is 37.7 Å². The number of rotatable bonds is 6. The van der Waals surface area contributed by atoms with Crippen molar-refractivity contribution in [1.82, 2.24) is 14.9 Å². The van der Waals surface area contributed by atoms with Crippen molar-refractivity contribution in [3.63, 3.8) is 0 Å². The maximum absolute atomic E-state index is 5.31. The van der Waals surface area contributed by atoms with Gasteiger partial charge in [-0.2, -0.15) is 0 Å². The van der Waals surface area contributed by atoms with Crippen molar-refractivity contribution in [2.45, 2.75) is 20.3 Å². The molecule has 0 atom stereocenters. The van der Waals surface area contributed by atoms with Gasteiger partial charge in [0.1, 0.15) is 12.9 Å². The van der Waals surface area contributed by atoms with Crippen molar-refractivity contribution in [3.05, 3.63) is 54.4 Å². The van der Waals surface area contributed by atoms with Crippen LogP contribution in [0.5, 0.6) is 0 Å². The van der Waals surface area contributed by atoms with Crippen LogP contribution in [0.25, 0.3) is 16.7 Å². The Kier molecular flexibility index (Phi) is 5.58. The molecule has 28 heavy (non-hydrogen) atoms. The maximum Gasteiger partial charge on any atom is 0.116 e. The molecule has 0 radical (unpaired) electrons. The quantitative estimate of drug-likeness (QED) is 0.405. The van der Waals surface area contributed by atoms with Crippen molar-refractivity contribution < 1.29 is 4.84 Å². The predicted molar refractivity (Wildman–Crippen MR) is 115 cm³/mol. The molecule has 3 aromatic rings. The Balaban J connectivity index is 1.62. The zero-order valence-corrected chi connectivity index (χ0v) is 16.6. The second-order valence-corrected chi connectivity index (χ2v) is 7.08. The van der Waals surface area contributed by atoms with Crippen molar-refractivity contribution in [3.8, 4) is 5.69 Å². The molecular weight excluding hydrogens is 350 g/mol. The lowest BCUT2D eigenvalue weighted by Crippen LogP contribution is -2.43. The van der Waals surface area contributed by atoms with Crippen LogP contribution in [-0.2, 0) is 4.84 Å². The van der Waals surface area contributed by atoms with Gasteiger partial charge in [-0.15, -0.1) is 0 Å². The van der Waals surface area contributed by atoms with Crippen LogP contribution in [0.15, 0.2) is 53.9 Å². The number of fused-ring (bicyclic) bond motifs is 1. The van der Waals surface area contributed by atoms with Crippen LogP contribution < -0.4 is 10.2 Å². The molecular formula is C22H27N5O. The normalized spacial score (nSPS) is 15.2. The van der Waals surface area contributed by atoms with Crippen LogP contribution in [0, 0.1) is 0 Å². The molecule has 0 spiro atoms. The van der Waals surface area contributed by atoms with E-state index < -0.39 is 0 Å². The maximum atomic E-state index is 5.31. The Bertz CT molecular complexity index is 972. The van der Waals surface area contributed by atoms with E-state index in [0.29, 0.717) is 6.61 Å². The number of imidazole rings is 1. The van der Waals surface area contributed by atoms with E-state index in [2.05, 4.69) is 74.3 Å². The molecule has 1 aromatic heterocycles. The number of benzene rings is 2.